The highest BCUT2D eigenvalue weighted by Gasteiger charge is 2.16. The van der Waals surface area contributed by atoms with E-state index in [0.29, 0.717) is 17.8 Å². The molecule has 0 radical (unpaired) electrons. The number of aromatic nitrogens is 2. The fraction of sp³-hybridized carbons (Fsp3) is 0. The van der Waals surface area contributed by atoms with Crippen molar-refractivity contribution < 1.29 is 10.2 Å². The van der Waals surface area contributed by atoms with Crippen molar-refractivity contribution in [3.63, 3.8) is 0 Å². The Hall–Kier alpha value is -7.76. The van der Waals surface area contributed by atoms with E-state index in [4.69, 9.17) is 13.8 Å². The summed E-state index contributed by atoms with van der Waals surface area (Å²) in [6.07, 6.45) is 0. The molecule has 0 aliphatic rings. The Morgan fingerprint density at radius 2 is 0.789 bits per heavy atom. The van der Waals surface area contributed by atoms with Gasteiger partial charge in [0.15, 0.2) is 11.2 Å². The minimum Gasteiger partial charge on any atom is -0.436 e. The summed E-state index contributed by atoms with van der Waals surface area (Å²) < 4.78 is 21.4. The molecule has 11 rings (SSSR count). The van der Waals surface area contributed by atoms with Crippen molar-refractivity contribution in [3.05, 3.63) is 200 Å². The van der Waals surface area contributed by atoms with Crippen molar-refractivity contribution in [2.75, 3.05) is 4.90 Å². The van der Waals surface area contributed by atoms with Crippen molar-refractivity contribution in [1.82, 2.24) is 9.97 Å². The second-order valence-electron chi connectivity index (χ2n) is 14.2. The molecule has 0 fully saturated rings. The number of hydrogen-bond acceptors (Lipinski definition) is 5. The quantitative estimate of drug-likeness (QED) is 0.163. The van der Waals surface area contributed by atoms with E-state index < -0.39 is 0 Å². The van der Waals surface area contributed by atoms with E-state index in [9.17, 15) is 1.37 Å². The van der Waals surface area contributed by atoms with E-state index in [1.54, 1.807) is 0 Å². The van der Waals surface area contributed by atoms with Crippen LogP contribution in [0.15, 0.2) is 209 Å². The summed E-state index contributed by atoms with van der Waals surface area (Å²) in [5.74, 6) is 1.19. The molecule has 11 aromatic rings. The van der Waals surface area contributed by atoms with E-state index >= 15 is 0 Å². The van der Waals surface area contributed by atoms with E-state index in [0.717, 1.165) is 88.8 Å². The van der Waals surface area contributed by atoms with Gasteiger partial charge in [-0.3, -0.25) is 0 Å². The summed E-state index contributed by atoms with van der Waals surface area (Å²) in [6.45, 7) is 0. The second kappa shape index (κ2) is 13.5. The van der Waals surface area contributed by atoms with Gasteiger partial charge in [-0.25, -0.2) is 9.97 Å². The number of benzene rings is 9. The number of oxazole rings is 2. The molecule has 0 amide bonds. The monoisotopic (exact) mass is 732 g/mol. The van der Waals surface area contributed by atoms with Gasteiger partial charge in [-0.15, -0.1) is 0 Å². The minimum atomic E-state index is 0.514. The molecule has 5 heteroatoms. The molecule has 2 aromatic heterocycles. The van der Waals surface area contributed by atoms with Crippen molar-refractivity contribution in [2.45, 2.75) is 0 Å². The van der Waals surface area contributed by atoms with Crippen LogP contribution in [0.1, 0.15) is 1.37 Å². The molecule has 5 nitrogen and oxygen atoms in total. The first kappa shape index (κ1) is 31.6. The fourth-order valence-corrected chi connectivity index (χ4v) is 7.63. The van der Waals surface area contributed by atoms with Crippen LogP contribution in [0.5, 0.6) is 0 Å². The lowest BCUT2D eigenvalue weighted by Crippen LogP contribution is -2.09. The van der Waals surface area contributed by atoms with Gasteiger partial charge in [0.25, 0.3) is 0 Å². The van der Waals surface area contributed by atoms with Crippen LogP contribution in [0.25, 0.3) is 88.9 Å². The molecule has 0 aliphatic carbocycles. The molecule has 0 saturated heterocycles. The van der Waals surface area contributed by atoms with Crippen LogP contribution in [0.4, 0.5) is 17.1 Å². The van der Waals surface area contributed by atoms with Gasteiger partial charge in [-0.2, -0.15) is 0 Å². The highest BCUT2D eigenvalue weighted by molar-refractivity contribution is 5.94. The van der Waals surface area contributed by atoms with Gasteiger partial charge in [0.05, 0.1) is 1.37 Å². The fourth-order valence-electron chi connectivity index (χ4n) is 7.63. The summed E-state index contributed by atoms with van der Waals surface area (Å²) in [5, 5.41) is 4.25. The van der Waals surface area contributed by atoms with E-state index in [2.05, 4.69) is 155 Å². The molecule has 0 bridgehead atoms. The van der Waals surface area contributed by atoms with Gasteiger partial charge in [-0.1, -0.05) is 103 Å². The van der Waals surface area contributed by atoms with Crippen molar-refractivity contribution in [3.8, 4) is 45.2 Å². The molecule has 9 aromatic carbocycles. The molecule has 268 valence electrons. The number of nitrogens with zero attached hydrogens (tertiary/aromatic N) is 3. The largest absolute Gasteiger partial charge is 0.436 e. The van der Waals surface area contributed by atoms with Gasteiger partial charge in [0, 0.05) is 28.2 Å². The first-order valence-electron chi connectivity index (χ1n) is 19.5. The average molecular weight is 733 g/mol. The molecular formula is C52H33N3O2. The highest BCUT2D eigenvalue weighted by Crippen LogP contribution is 2.39. The van der Waals surface area contributed by atoms with Gasteiger partial charge in [0.1, 0.15) is 11.0 Å². The summed E-state index contributed by atoms with van der Waals surface area (Å²) in [6, 6.07) is 66.7. The Balaban J connectivity index is 0.953. The summed E-state index contributed by atoms with van der Waals surface area (Å²) in [4.78, 5) is 11.6. The number of rotatable bonds is 7. The molecular weight excluding hydrogens is 699 g/mol. The Morgan fingerprint density at radius 3 is 1.42 bits per heavy atom. The predicted molar refractivity (Wildman–Crippen MR) is 233 cm³/mol. The third-order valence-electron chi connectivity index (χ3n) is 10.6. The SMILES string of the molecule is [2H]c1c(-c2ccc3ccccc3c2)ccc2cc(N(c3ccc(-c4ccc(-c5nc6ccccc6o5)cc4)cc3)c3ccc(-c4nc5ccccc5o4)cc3)ccc12. The summed E-state index contributed by atoms with van der Waals surface area (Å²) in [5.41, 5.74) is 12.1. The third-order valence-corrected chi connectivity index (χ3v) is 10.6. The standard InChI is InChI=1S/C52H33N3O2/c1-2-8-39-31-40(18-15-34(39)7-1)41-19-20-43-33-46(30-25-42(43)32-41)55(45-28-23-38(24-29-45)52-54-48-10-4-6-12-50(48)57-52)44-26-21-36(22-27-44)35-13-16-37(17-14-35)51-53-47-9-3-5-11-49(47)56-51/h1-33H/i32D. The Bertz CT molecular complexity index is 3230. The zero-order chi connectivity index (χ0) is 38.6. The number of anilines is 3. The topological polar surface area (TPSA) is 55.3 Å². The van der Waals surface area contributed by atoms with Crippen molar-refractivity contribution >= 4 is 60.8 Å². The first-order chi connectivity index (χ1) is 28.6. The Morgan fingerprint density at radius 1 is 0.351 bits per heavy atom. The predicted octanol–water partition coefficient (Wildman–Crippen LogP) is 14.4. The number of hydrogen-bond donors (Lipinski definition) is 0. The molecule has 0 spiro atoms. The lowest BCUT2D eigenvalue weighted by molar-refractivity contribution is 0.619. The first-order valence-corrected chi connectivity index (χ1v) is 19.0. The van der Waals surface area contributed by atoms with Gasteiger partial charge >= 0.3 is 0 Å². The second-order valence-corrected chi connectivity index (χ2v) is 14.2. The number of para-hydroxylation sites is 4. The zero-order valence-electron chi connectivity index (χ0n) is 31.6. The molecule has 0 atom stereocenters. The molecule has 0 saturated carbocycles. The normalized spacial score (nSPS) is 11.8. The van der Waals surface area contributed by atoms with Gasteiger partial charge in [-0.05, 0) is 141 Å². The van der Waals surface area contributed by atoms with Crippen LogP contribution in [0, 0.1) is 0 Å². The van der Waals surface area contributed by atoms with Crippen molar-refractivity contribution in [2.24, 2.45) is 0 Å². The van der Waals surface area contributed by atoms with Crippen molar-refractivity contribution in [1.29, 1.82) is 0 Å². The lowest BCUT2D eigenvalue weighted by Gasteiger charge is -2.26. The maximum atomic E-state index is 9.29. The Labute approximate surface area is 330 Å². The van der Waals surface area contributed by atoms with E-state index in [1.807, 2.05) is 48.5 Å². The van der Waals surface area contributed by atoms with Gasteiger partial charge in [0.2, 0.25) is 11.8 Å². The van der Waals surface area contributed by atoms with Crippen LogP contribution < -0.4 is 4.90 Å². The van der Waals surface area contributed by atoms with E-state index in [1.165, 1.54) is 5.39 Å². The zero-order valence-corrected chi connectivity index (χ0v) is 30.6. The van der Waals surface area contributed by atoms with Crippen LogP contribution in [0.2, 0.25) is 0 Å². The summed E-state index contributed by atoms with van der Waals surface area (Å²) in [7, 11) is 0. The maximum Gasteiger partial charge on any atom is 0.227 e. The van der Waals surface area contributed by atoms with Gasteiger partial charge < -0.3 is 13.7 Å². The average Bonchev–Trinajstić information content (AvgIpc) is 3.93. The summed E-state index contributed by atoms with van der Waals surface area (Å²) >= 11 is 0. The number of fused-ring (bicyclic) bond motifs is 4. The highest BCUT2D eigenvalue weighted by atomic mass is 16.4. The molecule has 2 heterocycles. The molecule has 57 heavy (non-hydrogen) atoms. The smallest absolute Gasteiger partial charge is 0.227 e. The van der Waals surface area contributed by atoms with Crippen LogP contribution in [0.3, 0.4) is 0 Å². The maximum absolute atomic E-state index is 9.29. The van der Waals surface area contributed by atoms with Crippen LogP contribution in [-0.2, 0) is 0 Å². The minimum absolute atomic E-state index is 0.514. The molecule has 0 aliphatic heterocycles. The van der Waals surface area contributed by atoms with Crippen LogP contribution >= 0.6 is 0 Å². The van der Waals surface area contributed by atoms with E-state index in [-0.39, 0.29) is 0 Å². The van der Waals surface area contributed by atoms with Crippen LogP contribution in [-0.4, -0.2) is 9.97 Å². The molecule has 0 N–H and O–H groups in total. The Kier molecular flexibility index (Phi) is 7.49. The lowest BCUT2D eigenvalue weighted by atomic mass is 9.98. The molecule has 0 unspecified atom stereocenters. The third kappa shape index (κ3) is 6.08.